The summed E-state index contributed by atoms with van der Waals surface area (Å²) in [5.41, 5.74) is 0.741. The van der Waals surface area contributed by atoms with E-state index in [9.17, 15) is 9.59 Å². The lowest BCUT2D eigenvalue weighted by atomic mass is 10.1. The summed E-state index contributed by atoms with van der Waals surface area (Å²) in [6, 6.07) is 4.95. The molecule has 1 atom stereocenters. The Morgan fingerprint density at radius 2 is 2.14 bits per heavy atom. The Bertz CT molecular complexity index is 831. The van der Waals surface area contributed by atoms with Gasteiger partial charge in [0.2, 0.25) is 0 Å². The van der Waals surface area contributed by atoms with Crippen LogP contribution in [0.5, 0.6) is 0 Å². The van der Waals surface area contributed by atoms with Gasteiger partial charge in [-0.25, -0.2) is 4.98 Å². The maximum Gasteiger partial charge on any atom is 0.315 e. The minimum absolute atomic E-state index is 0.0854. The van der Waals surface area contributed by atoms with Gasteiger partial charge in [-0.2, -0.15) is 0 Å². The van der Waals surface area contributed by atoms with Gasteiger partial charge in [-0.15, -0.1) is 23.2 Å². The van der Waals surface area contributed by atoms with E-state index >= 15 is 0 Å². The van der Waals surface area contributed by atoms with Gasteiger partial charge in [0, 0.05) is 18.7 Å². The van der Waals surface area contributed by atoms with E-state index in [0.29, 0.717) is 17.8 Å². The smallest absolute Gasteiger partial charge is 0.315 e. The highest BCUT2D eigenvalue weighted by Crippen LogP contribution is 2.64. The van der Waals surface area contributed by atoms with Crippen molar-refractivity contribution in [1.82, 2.24) is 9.38 Å². The number of ether oxygens (including phenoxy) is 1. The largest absolute Gasteiger partial charge is 0.459 e. The number of hydrogen-bond donors (Lipinski definition) is 0. The molecule has 0 spiro atoms. The summed E-state index contributed by atoms with van der Waals surface area (Å²) in [7, 11) is 0. The molecule has 2 aromatic rings. The number of esters is 1. The minimum Gasteiger partial charge on any atom is -0.459 e. The van der Waals surface area contributed by atoms with E-state index in [1.165, 1.54) is 10.5 Å². The molecule has 2 aromatic heterocycles. The number of carbonyl (C=O) groups excluding carboxylic acids is 1. The van der Waals surface area contributed by atoms with Crippen molar-refractivity contribution >= 4 is 34.8 Å². The van der Waals surface area contributed by atoms with Crippen LogP contribution in [-0.2, 0) is 16.1 Å². The van der Waals surface area contributed by atoms with E-state index in [1.807, 2.05) is 13.0 Å². The number of fused-ring (bicyclic) bond motifs is 1. The van der Waals surface area contributed by atoms with Gasteiger partial charge in [0.25, 0.3) is 5.56 Å². The van der Waals surface area contributed by atoms with Crippen molar-refractivity contribution in [1.29, 1.82) is 0 Å². The molecular weight excluding hydrogens is 327 g/mol. The Morgan fingerprint density at radius 1 is 1.45 bits per heavy atom. The van der Waals surface area contributed by atoms with Crippen LogP contribution in [0.15, 0.2) is 29.2 Å². The number of nitrogens with zero attached hydrogens (tertiary/aromatic N) is 2. The third kappa shape index (κ3) is 2.48. The molecule has 0 radical (unpaired) electrons. The summed E-state index contributed by atoms with van der Waals surface area (Å²) < 4.78 is 5.58. The summed E-state index contributed by atoms with van der Waals surface area (Å²) in [4.78, 5) is 28.4. The summed E-state index contributed by atoms with van der Waals surface area (Å²) in [5.74, 6) is -0.483. The van der Waals surface area contributed by atoms with Crippen LogP contribution < -0.4 is 5.56 Å². The summed E-state index contributed by atoms with van der Waals surface area (Å²) in [5, 5.41) is 0. The lowest BCUT2D eigenvalue weighted by Crippen LogP contribution is -2.22. The molecule has 0 bridgehead atoms. The highest BCUT2D eigenvalue weighted by atomic mass is 35.5. The van der Waals surface area contributed by atoms with Crippen LogP contribution in [-0.4, -0.2) is 19.7 Å². The second-order valence-electron chi connectivity index (χ2n) is 5.81. The maximum absolute atomic E-state index is 12.0. The van der Waals surface area contributed by atoms with E-state index in [4.69, 9.17) is 27.9 Å². The molecule has 2 heterocycles. The van der Waals surface area contributed by atoms with Gasteiger partial charge in [-0.1, -0.05) is 6.07 Å². The quantitative estimate of drug-likeness (QED) is 0.636. The van der Waals surface area contributed by atoms with E-state index in [0.717, 1.165) is 5.56 Å². The van der Waals surface area contributed by atoms with Crippen LogP contribution in [0.2, 0.25) is 0 Å². The molecule has 3 rings (SSSR count). The third-order valence-electron chi connectivity index (χ3n) is 3.92. The molecule has 0 amide bonds. The van der Waals surface area contributed by atoms with Crippen molar-refractivity contribution < 1.29 is 9.53 Å². The van der Waals surface area contributed by atoms with Crippen molar-refractivity contribution in [2.75, 3.05) is 0 Å². The summed E-state index contributed by atoms with van der Waals surface area (Å²) in [6.45, 7) is 3.46. The fourth-order valence-corrected chi connectivity index (χ4v) is 2.94. The monoisotopic (exact) mass is 340 g/mol. The van der Waals surface area contributed by atoms with Gasteiger partial charge in [0.1, 0.15) is 22.0 Å². The molecule has 1 aliphatic rings. The Hall–Kier alpha value is -1.59. The van der Waals surface area contributed by atoms with Crippen LogP contribution in [0.3, 0.4) is 0 Å². The molecule has 0 unspecified atom stereocenters. The molecule has 0 saturated heterocycles. The Labute approximate surface area is 136 Å². The maximum atomic E-state index is 12.0. The van der Waals surface area contributed by atoms with Crippen molar-refractivity contribution in [3.05, 3.63) is 46.0 Å². The lowest BCUT2D eigenvalue weighted by Gasteiger charge is -2.11. The zero-order valence-electron chi connectivity index (χ0n) is 12.1. The molecule has 22 heavy (non-hydrogen) atoms. The normalized spacial score (nSPS) is 22.5. The second kappa shape index (κ2) is 4.96. The average molecular weight is 341 g/mol. The third-order valence-corrected chi connectivity index (χ3v) is 5.02. The number of hydrogen-bond acceptors (Lipinski definition) is 4. The predicted molar refractivity (Wildman–Crippen MR) is 83.2 cm³/mol. The molecule has 116 valence electrons. The van der Waals surface area contributed by atoms with Crippen molar-refractivity contribution in [3.8, 4) is 0 Å². The first-order valence-corrected chi connectivity index (χ1v) is 7.52. The van der Waals surface area contributed by atoms with Gasteiger partial charge in [-0.05, 0) is 25.5 Å². The van der Waals surface area contributed by atoms with E-state index in [1.54, 1.807) is 19.2 Å². The van der Waals surface area contributed by atoms with E-state index < -0.39 is 15.7 Å². The number of pyridine rings is 1. The number of rotatable bonds is 3. The number of aromatic nitrogens is 2. The first-order valence-electron chi connectivity index (χ1n) is 6.77. The topological polar surface area (TPSA) is 60.7 Å². The molecule has 7 heteroatoms. The standard InChI is InChI=1S/C15H14Cl2N2O3/c1-9-3-4-11-18-10(5-12(20)19(11)6-9)7-22-13(21)14(2)8-15(14,16)17/h3-6H,7-8H2,1-2H3/t14-/m1/s1. The molecule has 0 aromatic carbocycles. The first kappa shape index (κ1) is 15.3. The molecular formula is C15H14Cl2N2O3. The van der Waals surface area contributed by atoms with Crippen LogP contribution in [0, 0.1) is 12.3 Å². The van der Waals surface area contributed by atoms with Crippen LogP contribution in [0.1, 0.15) is 24.6 Å². The van der Waals surface area contributed by atoms with Gasteiger partial charge in [0.15, 0.2) is 0 Å². The van der Waals surface area contributed by atoms with Crippen LogP contribution in [0.4, 0.5) is 0 Å². The SMILES string of the molecule is Cc1ccc2nc(COC(=O)[C@@]3(C)CC3(Cl)Cl)cc(=O)n2c1. The fourth-order valence-electron chi connectivity index (χ4n) is 2.25. The lowest BCUT2D eigenvalue weighted by molar-refractivity contribution is -0.151. The summed E-state index contributed by atoms with van der Waals surface area (Å²) >= 11 is 11.9. The fraction of sp³-hybridized carbons (Fsp3) is 0.400. The molecule has 0 aliphatic heterocycles. The highest BCUT2D eigenvalue weighted by molar-refractivity contribution is 6.53. The molecule has 1 aliphatic carbocycles. The van der Waals surface area contributed by atoms with Crippen molar-refractivity contribution in [3.63, 3.8) is 0 Å². The van der Waals surface area contributed by atoms with Crippen LogP contribution >= 0.6 is 23.2 Å². The molecule has 1 fully saturated rings. The number of aryl methyl sites for hydroxylation is 1. The Morgan fingerprint density at radius 3 is 2.77 bits per heavy atom. The van der Waals surface area contributed by atoms with Gasteiger partial charge < -0.3 is 4.74 Å². The molecule has 0 N–H and O–H groups in total. The first-order chi connectivity index (χ1) is 10.2. The number of halogens is 2. The van der Waals surface area contributed by atoms with Crippen LogP contribution in [0.25, 0.3) is 5.65 Å². The minimum atomic E-state index is -1.07. The van der Waals surface area contributed by atoms with E-state index in [2.05, 4.69) is 4.98 Å². The van der Waals surface area contributed by atoms with Gasteiger partial charge in [-0.3, -0.25) is 14.0 Å². The second-order valence-corrected chi connectivity index (χ2v) is 7.29. The molecule has 1 saturated carbocycles. The average Bonchev–Trinajstić information content (AvgIpc) is 2.97. The van der Waals surface area contributed by atoms with E-state index in [-0.39, 0.29) is 12.2 Å². The van der Waals surface area contributed by atoms with Gasteiger partial charge in [0.05, 0.1) is 5.69 Å². The number of carbonyl (C=O) groups is 1. The Balaban J connectivity index is 1.79. The van der Waals surface area contributed by atoms with Gasteiger partial charge >= 0.3 is 5.97 Å². The molecule has 5 nitrogen and oxygen atoms in total. The number of alkyl halides is 2. The highest BCUT2D eigenvalue weighted by Gasteiger charge is 2.69. The summed E-state index contributed by atoms with van der Waals surface area (Å²) in [6.07, 6.45) is 2.07. The zero-order chi connectivity index (χ0) is 16.1. The Kier molecular flexibility index (Phi) is 3.45. The predicted octanol–water partition coefficient (Wildman–Crippen LogP) is 2.63. The van der Waals surface area contributed by atoms with Crippen molar-refractivity contribution in [2.45, 2.75) is 31.2 Å². The zero-order valence-corrected chi connectivity index (χ0v) is 13.6. The van der Waals surface area contributed by atoms with Crippen molar-refractivity contribution in [2.24, 2.45) is 5.41 Å².